The zero-order valence-electron chi connectivity index (χ0n) is 10.9. The lowest BCUT2D eigenvalue weighted by atomic mass is 9.98. The number of hydrogen-bond donors (Lipinski definition) is 0. The van der Waals surface area contributed by atoms with E-state index in [9.17, 15) is 4.79 Å². The van der Waals surface area contributed by atoms with E-state index in [1.807, 2.05) is 13.8 Å². The topological polar surface area (TPSA) is 48.4 Å². The number of nitrogens with zero attached hydrogens (tertiary/aromatic N) is 1. The normalized spacial score (nSPS) is 19.2. The lowest BCUT2D eigenvalue weighted by molar-refractivity contribution is 0.0951. The molecule has 1 aliphatic rings. The Labute approximate surface area is 107 Å². The fourth-order valence-electron chi connectivity index (χ4n) is 2.03. The molecule has 0 aliphatic carbocycles. The SMILES string of the molecule is CC(C)Oc1cncc(C(=O)CC2CCOC2)c1. The van der Waals surface area contributed by atoms with Crippen LogP contribution in [-0.4, -0.2) is 30.1 Å². The number of aromatic nitrogens is 1. The van der Waals surface area contributed by atoms with Crippen molar-refractivity contribution >= 4 is 5.78 Å². The molecule has 4 heteroatoms. The van der Waals surface area contributed by atoms with Crippen LogP contribution in [0.25, 0.3) is 0 Å². The second-order valence-electron chi connectivity index (χ2n) is 4.93. The van der Waals surface area contributed by atoms with Gasteiger partial charge in [-0.15, -0.1) is 0 Å². The Morgan fingerprint density at radius 1 is 1.56 bits per heavy atom. The molecule has 1 saturated heterocycles. The van der Waals surface area contributed by atoms with Gasteiger partial charge < -0.3 is 9.47 Å². The van der Waals surface area contributed by atoms with Gasteiger partial charge in [0.05, 0.1) is 12.3 Å². The zero-order chi connectivity index (χ0) is 13.0. The molecule has 2 heterocycles. The Kier molecular flexibility index (Phi) is 4.31. The van der Waals surface area contributed by atoms with Crippen LogP contribution in [0.3, 0.4) is 0 Å². The number of ether oxygens (including phenoxy) is 2. The van der Waals surface area contributed by atoms with Crippen LogP contribution in [-0.2, 0) is 4.74 Å². The van der Waals surface area contributed by atoms with Gasteiger partial charge in [0, 0.05) is 31.4 Å². The van der Waals surface area contributed by atoms with Crippen LogP contribution < -0.4 is 4.74 Å². The third kappa shape index (κ3) is 3.53. The molecule has 1 aromatic rings. The largest absolute Gasteiger partial charge is 0.489 e. The zero-order valence-corrected chi connectivity index (χ0v) is 10.9. The minimum absolute atomic E-state index is 0.0837. The highest BCUT2D eigenvalue weighted by Gasteiger charge is 2.20. The highest BCUT2D eigenvalue weighted by molar-refractivity contribution is 5.96. The quantitative estimate of drug-likeness (QED) is 0.752. The van der Waals surface area contributed by atoms with Gasteiger partial charge in [-0.25, -0.2) is 0 Å². The number of ketones is 1. The van der Waals surface area contributed by atoms with E-state index in [2.05, 4.69) is 4.98 Å². The summed E-state index contributed by atoms with van der Waals surface area (Å²) in [5.41, 5.74) is 0.625. The molecule has 2 rings (SSSR count). The summed E-state index contributed by atoms with van der Waals surface area (Å²) in [7, 11) is 0. The van der Waals surface area contributed by atoms with Crippen LogP contribution in [0.2, 0.25) is 0 Å². The molecular formula is C14H19NO3. The van der Waals surface area contributed by atoms with Crippen molar-refractivity contribution in [2.24, 2.45) is 5.92 Å². The summed E-state index contributed by atoms with van der Waals surface area (Å²) in [6, 6.07) is 1.77. The average molecular weight is 249 g/mol. The Bertz CT molecular complexity index is 411. The molecule has 0 spiro atoms. The molecule has 0 radical (unpaired) electrons. The fraction of sp³-hybridized carbons (Fsp3) is 0.571. The first-order valence-electron chi connectivity index (χ1n) is 6.38. The molecule has 0 bridgehead atoms. The molecule has 1 aliphatic heterocycles. The molecule has 0 aromatic carbocycles. The molecule has 4 nitrogen and oxygen atoms in total. The van der Waals surface area contributed by atoms with Crippen molar-refractivity contribution in [3.8, 4) is 5.75 Å². The van der Waals surface area contributed by atoms with Gasteiger partial charge in [-0.1, -0.05) is 0 Å². The summed E-state index contributed by atoms with van der Waals surface area (Å²) < 4.78 is 10.8. The molecule has 18 heavy (non-hydrogen) atoms. The highest BCUT2D eigenvalue weighted by atomic mass is 16.5. The highest BCUT2D eigenvalue weighted by Crippen LogP contribution is 2.20. The average Bonchev–Trinajstić information content (AvgIpc) is 2.81. The number of hydrogen-bond acceptors (Lipinski definition) is 4. The minimum atomic E-state index is 0.0837. The standard InChI is InChI=1S/C14H19NO3/c1-10(2)18-13-6-12(7-15-8-13)14(16)5-11-3-4-17-9-11/h6-8,10-11H,3-5,9H2,1-2H3. The molecular weight excluding hydrogens is 230 g/mol. The van der Waals surface area contributed by atoms with E-state index < -0.39 is 0 Å². The smallest absolute Gasteiger partial charge is 0.164 e. The lowest BCUT2D eigenvalue weighted by Crippen LogP contribution is -2.10. The van der Waals surface area contributed by atoms with Crippen molar-refractivity contribution in [2.75, 3.05) is 13.2 Å². The van der Waals surface area contributed by atoms with Gasteiger partial charge in [0.2, 0.25) is 0 Å². The summed E-state index contributed by atoms with van der Waals surface area (Å²) in [4.78, 5) is 16.1. The molecule has 0 N–H and O–H groups in total. The van der Waals surface area contributed by atoms with Crippen LogP contribution >= 0.6 is 0 Å². The van der Waals surface area contributed by atoms with E-state index in [0.29, 0.717) is 30.3 Å². The summed E-state index contributed by atoms with van der Waals surface area (Å²) in [5.74, 6) is 1.12. The number of Topliss-reactive ketones (excluding diaryl/α,β-unsaturated/α-hetero) is 1. The maximum absolute atomic E-state index is 12.1. The molecule has 1 aromatic heterocycles. The third-order valence-corrected chi connectivity index (χ3v) is 2.90. The van der Waals surface area contributed by atoms with Crippen LogP contribution in [0.1, 0.15) is 37.0 Å². The molecule has 98 valence electrons. The predicted octanol–water partition coefficient (Wildman–Crippen LogP) is 2.48. The molecule has 0 amide bonds. The van der Waals surface area contributed by atoms with Crippen molar-refractivity contribution < 1.29 is 14.3 Å². The minimum Gasteiger partial charge on any atom is -0.489 e. The van der Waals surface area contributed by atoms with Crippen molar-refractivity contribution in [1.82, 2.24) is 4.98 Å². The predicted molar refractivity (Wildman–Crippen MR) is 67.9 cm³/mol. The fourth-order valence-corrected chi connectivity index (χ4v) is 2.03. The second kappa shape index (κ2) is 5.96. The van der Waals surface area contributed by atoms with Crippen LogP contribution in [0, 0.1) is 5.92 Å². The van der Waals surface area contributed by atoms with Crippen molar-refractivity contribution in [2.45, 2.75) is 32.8 Å². The first-order valence-corrected chi connectivity index (χ1v) is 6.38. The van der Waals surface area contributed by atoms with Crippen molar-refractivity contribution in [1.29, 1.82) is 0 Å². The van der Waals surface area contributed by atoms with E-state index in [0.717, 1.165) is 13.0 Å². The number of carbonyl (C=O) groups excluding carboxylic acids is 1. The second-order valence-corrected chi connectivity index (χ2v) is 4.93. The summed E-state index contributed by atoms with van der Waals surface area (Å²) in [5, 5.41) is 0. The van der Waals surface area contributed by atoms with E-state index in [4.69, 9.17) is 9.47 Å². The monoisotopic (exact) mass is 249 g/mol. The third-order valence-electron chi connectivity index (χ3n) is 2.90. The maximum Gasteiger partial charge on any atom is 0.164 e. The van der Waals surface area contributed by atoms with E-state index in [-0.39, 0.29) is 11.9 Å². The van der Waals surface area contributed by atoms with Gasteiger partial charge in [0.1, 0.15) is 5.75 Å². The van der Waals surface area contributed by atoms with Crippen molar-refractivity contribution in [3.63, 3.8) is 0 Å². The van der Waals surface area contributed by atoms with Gasteiger partial charge in [-0.2, -0.15) is 0 Å². The first-order chi connectivity index (χ1) is 8.65. The summed E-state index contributed by atoms with van der Waals surface area (Å²) in [6.45, 7) is 5.36. The molecule has 0 saturated carbocycles. The Balaban J connectivity index is 2.00. The van der Waals surface area contributed by atoms with Crippen molar-refractivity contribution in [3.05, 3.63) is 24.0 Å². The number of rotatable bonds is 5. The van der Waals surface area contributed by atoms with E-state index >= 15 is 0 Å². The molecule has 1 fully saturated rings. The van der Waals surface area contributed by atoms with Gasteiger partial charge in [-0.3, -0.25) is 9.78 Å². The number of pyridine rings is 1. The molecule has 1 unspecified atom stereocenters. The van der Waals surface area contributed by atoms with Gasteiger partial charge >= 0.3 is 0 Å². The van der Waals surface area contributed by atoms with Crippen LogP contribution in [0.5, 0.6) is 5.75 Å². The number of carbonyl (C=O) groups is 1. The van der Waals surface area contributed by atoms with Gasteiger partial charge in [0.25, 0.3) is 0 Å². The van der Waals surface area contributed by atoms with E-state index in [1.54, 1.807) is 18.5 Å². The van der Waals surface area contributed by atoms with Gasteiger partial charge in [-0.05, 0) is 32.3 Å². The van der Waals surface area contributed by atoms with Crippen LogP contribution in [0.15, 0.2) is 18.5 Å². The Morgan fingerprint density at radius 3 is 3.06 bits per heavy atom. The Morgan fingerprint density at radius 2 is 2.39 bits per heavy atom. The summed E-state index contributed by atoms with van der Waals surface area (Å²) >= 11 is 0. The summed E-state index contributed by atoms with van der Waals surface area (Å²) in [6.07, 6.45) is 4.83. The van der Waals surface area contributed by atoms with Crippen LogP contribution in [0.4, 0.5) is 0 Å². The van der Waals surface area contributed by atoms with Gasteiger partial charge in [0.15, 0.2) is 5.78 Å². The van der Waals surface area contributed by atoms with E-state index in [1.165, 1.54) is 0 Å². The lowest BCUT2D eigenvalue weighted by Gasteiger charge is -2.10. The maximum atomic E-state index is 12.1. The Hall–Kier alpha value is -1.42. The first kappa shape index (κ1) is 13.0. The molecule has 1 atom stereocenters.